The molecule has 0 spiro atoms. The standard InChI is InChI=1S/C14H29NO2/c1-5-9-12(10-6-2)13(16)15-11-14(17,7-3)8-4/h12,17H,5-11H2,1-4H3,(H,15,16). The average Bonchev–Trinajstić information content (AvgIpc) is 2.35. The molecule has 0 unspecified atom stereocenters. The molecule has 0 saturated carbocycles. The third kappa shape index (κ3) is 6.06. The van der Waals surface area contributed by atoms with Gasteiger partial charge in [0.1, 0.15) is 0 Å². The molecule has 0 heterocycles. The molecule has 0 rings (SSSR count). The van der Waals surface area contributed by atoms with Crippen LogP contribution in [0.15, 0.2) is 0 Å². The van der Waals surface area contributed by atoms with Crippen molar-refractivity contribution in [2.24, 2.45) is 5.92 Å². The second-order valence-corrected chi connectivity index (χ2v) is 4.92. The van der Waals surface area contributed by atoms with Crippen molar-refractivity contribution in [3.63, 3.8) is 0 Å². The maximum Gasteiger partial charge on any atom is 0.223 e. The van der Waals surface area contributed by atoms with E-state index in [-0.39, 0.29) is 11.8 Å². The first-order valence-corrected chi connectivity index (χ1v) is 7.03. The normalized spacial score (nSPS) is 11.9. The molecule has 0 aromatic heterocycles. The van der Waals surface area contributed by atoms with Crippen LogP contribution in [0.25, 0.3) is 0 Å². The van der Waals surface area contributed by atoms with Gasteiger partial charge in [-0.25, -0.2) is 0 Å². The SMILES string of the molecule is CCCC(CCC)C(=O)NCC(O)(CC)CC. The fourth-order valence-corrected chi connectivity index (χ4v) is 2.00. The number of hydrogen-bond acceptors (Lipinski definition) is 2. The Morgan fingerprint density at radius 3 is 1.94 bits per heavy atom. The molecule has 17 heavy (non-hydrogen) atoms. The van der Waals surface area contributed by atoms with Gasteiger partial charge in [0.15, 0.2) is 0 Å². The summed E-state index contributed by atoms with van der Waals surface area (Å²) in [5.74, 6) is 0.219. The molecule has 0 aromatic carbocycles. The smallest absolute Gasteiger partial charge is 0.223 e. The van der Waals surface area contributed by atoms with Crippen LogP contribution in [0.1, 0.15) is 66.2 Å². The highest BCUT2D eigenvalue weighted by Crippen LogP contribution is 2.16. The lowest BCUT2D eigenvalue weighted by Crippen LogP contribution is -2.44. The highest BCUT2D eigenvalue weighted by Gasteiger charge is 2.24. The Kier molecular flexibility index (Phi) is 8.23. The summed E-state index contributed by atoms with van der Waals surface area (Å²) in [4.78, 5) is 12.0. The molecule has 0 fully saturated rings. The van der Waals surface area contributed by atoms with Crippen molar-refractivity contribution in [3.8, 4) is 0 Å². The van der Waals surface area contributed by atoms with Crippen LogP contribution in [0, 0.1) is 5.92 Å². The molecule has 2 N–H and O–H groups in total. The van der Waals surface area contributed by atoms with Gasteiger partial charge in [0, 0.05) is 12.5 Å². The van der Waals surface area contributed by atoms with Crippen LogP contribution in [-0.4, -0.2) is 23.2 Å². The average molecular weight is 243 g/mol. The molecule has 0 bridgehead atoms. The topological polar surface area (TPSA) is 49.3 Å². The lowest BCUT2D eigenvalue weighted by Gasteiger charge is -2.26. The quantitative estimate of drug-likeness (QED) is 0.654. The van der Waals surface area contributed by atoms with E-state index in [1.54, 1.807) is 0 Å². The molecule has 0 atom stereocenters. The van der Waals surface area contributed by atoms with Crippen LogP contribution in [-0.2, 0) is 4.79 Å². The molecular formula is C14H29NO2. The first-order chi connectivity index (χ1) is 8.02. The van der Waals surface area contributed by atoms with Crippen molar-refractivity contribution >= 4 is 5.91 Å². The van der Waals surface area contributed by atoms with Crippen LogP contribution < -0.4 is 5.32 Å². The second-order valence-electron chi connectivity index (χ2n) is 4.92. The summed E-state index contributed by atoms with van der Waals surface area (Å²) in [5, 5.41) is 13.0. The Bertz CT molecular complexity index is 206. The van der Waals surface area contributed by atoms with Gasteiger partial charge in [-0.3, -0.25) is 4.79 Å². The molecule has 0 saturated heterocycles. The molecule has 1 amide bonds. The highest BCUT2D eigenvalue weighted by atomic mass is 16.3. The van der Waals surface area contributed by atoms with E-state index in [9.17, 15) is 9.90 Å². The zero-order valence-electron chi connectivity index (χ0n) is 11.9. The van der Waals surface area contributed by atoms with E-state index in [1.165, 1.54) is 0 Å². The maximum absolute atomic E-state index is 12.0. The number of rotatable bonds is 9. The van der Waals surface area contributed by atoms with Crippen molar-refractivity contribution in [2.75, 3.05) is 6.54 Å². The molecule has 0 aromatic rings. The molecule has 3 nitrogen and oxygen atoms in total. The van der Waals surface area contributed by atoms with Gasteiger partial charge in [-0.1, -0.05) is 40.5 Å². The number of hydrogen-bond donors (Lipinski definition) is 2. The van der Waals surface area contributed by atoms with E-state index < -0.39 is 5.60 Å². The van der Waals surface area contributed by atoms with Crippen molar-refractivity contribution in [1.82, 2.24) is 5.32 Å². The lowest BCUT2D eigenvalue weighted by molar-refractivity contribution is -0.126. The maximum atomic E-state index is 12.0. The van der Waals surface area contributed by atoms with Gasteiger partial charge in [0.05, 0.1) is 5.60 Å². The minimum Gasteiger partial charge on any atom is -0.388 e. The van der Waals surface area contributed by atoms with Crippen LogP contribution in [0.5, 0.6) is 0 Å². The van der Waals surface area contributed by atoms with E-state index >= 15 is 0 Å². The first-order valence-electron chi connectivity index (χ1n) is 7.03. The largest absolute Gasteiger partial charge is 0.388 e. The summed E-state index contributed by atoms with van der Waals surface area (Å²) in [7, 11) is 0. The zero-order valence-corrected chi connectivity index (χ0v) is 11.9. The molecule has 0 aliphatic heterocycles. The van der Waals surface area contributed by atoms with Crippen molar-refractivity contribution in [2.45, 2.75) is 71.8 Å². The summed E-state index contributed by atoms with van der Waals surface area (Å²) in [5.41, 5.74) is -0.737. The molecule has 0 aliphatic carbocycles. The molecule has 3 heteroatoms. The predicted octanol–water partition coefficient (Wildman–Crippen LogP) is 2.87. The van der Waals surface area contributed by atoms with Crippen LogP contribution in [0.3, 0.4) is 0 Å². The van der Waals surface area contributed by atoms with E-state index in [0.717, 1.165) is 25.7 Å². The van der Waals surface area contributed by atoms with Gasteiger partial charge < -0.3 is 10.4 Å². The van der Waals surface area contributed by atoms with E-state index in [4.69, 9.17) is 0 Å². The Morgan fingerprint density at radius 2 is 1.59 bits per heavy atom. The number of amides is 1. The van der Waals surface area contributed by atoms with Crippen LogP contribution in [0.2, 0.25) is 0 Å². The van der Waals surface area contributed by atoms with E-state index in [1.807, 2.05) is 13.8 Å². The molecule has 0 radical (unpaired) electrons. The summed E-state index contributed by atoms with van der Waals surface area (Å²) >= 11 is 0. The second kappa shape index (κ2) is 8.51. The van der Waals surface area contributed by atoms with Crippen LogP contribution in [0.4, 0.5) is 0 Å². The highest BCUT2D eigenvalue weighted by molar-refractivity contribution is 5.78. The number of aliphatic hydroxyl groups is 1. The van der Waals surface area contributed by atoms with Crippen LogP contribution >= 0.6 is 0 Å². The van der Waals surface area contributed by atoms with E-state index in [0.29, 0.717) is 19.4 Å². The lowest BCUT2D eigenvalue weighted by atomic mass is 9.95. The van der Waals surface area contributed by atoms with Gasteiger partial charge in [0.2, 0.25) is 5.91 Å². The first kappa shape index (κ1) is 16.4. The molecule has 102 valence electrons. The summed E-state index contributed by atoms with van der Waals surface area (Å²) in [6.45, 7) is 8.48. The van der Waals surface area contributed by atoms with Crippen molar-refractivity contribution < 1.29 is 9.90 Å². The van der Waals surface area contributed by atoms with Gasteiger partial charge >= 0.3 is 0 Å². The molecular weight excluding hydrogens is 214 g/mol. The third-order valence-corrected chi connectivity index (χ3v) is 3.55. The van der Waals surface area contributed by atoms with Crippen molar-refractivity contribution in [3.05, 3.63) is 0 Å². The zero-order chi connectivity index (χ0) is 13.3. The van der Waals surface area contributed by atoms with E-state index in [2.05, 4.69) is 19.2 Å². The number of carbonyl (C=O) groups excluding carboxylic acids is 1. The minimum atomic E-state index is -0.737. The predicted molar refractivity (Wildman–Crippen MR) is 71.8 cm³/mol. The van der Waals surface area contributed by atoms with Crippen molar-refractivity contribution in [1.29, 1.82) is 0 Å². The fraction of sp³-hybridized carbons (Fsp3) is 0.929. The third-order valence-electron chi connectivity index (χ3n) is 3.55. The monoisotopic (exact) mass is 243 g/mol. The van der Waals surface area contributed by atoms with Gasteiger partial charge in [0.25, 0.3) is 0 Å². The number of carbonyl (C=O) groups is 1. The Morgan fingerprint density at radius 1 is 1.12 bits per heavy atom. The van der Waals surface area contributed by atoms with Gasteiger partial charge in [-0.15, -0.1) is 0 Å². The number of nitrogens with one attached hydrogen (secondary N) is 1. The van der Waals surface area contributed by atoms with Gasteiger partial charge in [-0.05, 0) is 25.7 Å². The minimum absolute atomic E-state index is 0.106. The Balaban J connectivity index is 4.21. The Hall–Kier alpha value is -0.570. The molecule has 0 aliphatic rings. The van der Waals surface area contributed by atoms with Gasteiger partial charge in [-0.2, -0.15) is 0 Å². The Labute approximate surface area is 106 Å². The summed E-state index contributed by atoms with van der Waals surface area (Å²) in [6.07, 6.45) is 5.30. The summed E-state index contributed by atoms with van der Waals surface area (Å²) in [6, 6.07) is 0. The summed E-state index contributed by atoms with van der Waals surface area (Å²) < 4.78 is 0. The fourth-order valence-electron chi connectivity index (χ4n) is 2.00.